The molecule has 0 saturated carbocycles. The molecule has 24 heavy (non-hydrogen) atoms. The lowest BCUT2D eigenvalue weighted by molar-refractivity contribution is -0.143. The fourth-order valence-corrected chi connectivity index (χ4v) is 2.60. The third kappa shape index (κ3) is 6.57. The molecule has 0 aliphatic heterocycles. The molecular weight excluding hydrogens is 334 g/mol. The molecule has 134 valence electrons. The summed E-state index contributed by atoms with van der Waals surface area (Å²) < 4.78 is 28.1. The lowest BCUT2D eigenvalue weighted by Gasteiger charge is -2.17. The van der Waals surface area contributed by atoms with Gasteiger partial charge in [-0.2, -0.15) is 0 Å². The van der Waals surface area contributed by atoms with Crippen molar-refractivity contribution < 1.29 is 27.9 Å². The molecule has 0 heterocycles. The number of rotatable bonds is 9. The van der Waals surface area contributed by atoms with Gasteiger partial charge in [-0.15, -0.1) is 0 Å². The predicted molar refractivity (Wildman–Crippen MR) is 88.7 cm³/mol. The highest BCUT2D eigenvalue weighted by Crippen LogP contribution is 2.16. The summed E-state index contributed by atoms with van der Waals surface area (Å²) in [4.78, 5) is 23.0. The first-order chi connectivity index (χ1) is 11.1. The topological polar surface area (TPSA) is 110 Å². The van der Waals surface area contributed by atoms with Gasteiger partial charge in [-0.3, -0.25) is 4.79 Å². The van der Waals surface area contributed by atoms with Gasteiger partial charge in [-0.05, 0) is 36.6 Å². The molecule has 0 spiro atoms. The fourth-order valence-electron chi connectivity index (χ4n) is 1.96. The number of ether oxygens (including phenoxy) is 1. The van der Waals surface area contributed by atoms with Gasteiger partial charge in [-0.25, -0.2) is 13.2 Å². The Kier molecular flexibility index (Phi) is 7.21. The van der Waals surface area contributed by atoms with Crippen molar-refractivity contribution in [2.24, 2.45) is 5.92 Å². The number of benzene rings is 1. The maximum Gasteiger partial charge on any atom is 0.326 e. The van der Waals surface area contributed by atoms with Crippen LogP contribution in [0.2, 0.25) is 0 Å². The average Bonchev–Trinajstić information content (AvgIpc) is 2.48. The Morgan fingerprint density at radius 1 is 1.21 bits per heavy atom. The van der Waals surface area contributed by atoms with Crippen LogP contribution in [0, 0.1) is 5.92 Å². The second-order valence-electron chi connectivity index (χ2n) is 5.82. The lowest BCUT2D eigenvalue weighted by atomic mass is 10.0. The third-order valence-corrected chi connectivity index (χ3v) is 4.45. The molecule has 0 bridgehead atoms. The van der Waals surface area contributed by atoms with Gasteiger partial charge in [-0.1, -0.05) is 13.8 Å². The van der Waals surface area contributed by atoms with Gasteiger partial charge < -0.3 is 15.2 Å². The monoisotopic (exact) mass is 357 g/mol. The molecule has 1 amide bonds. The first-order valence-corrected chi connectivity index (χ1v) is 9.45. The van der Waals surface area contributed by atoms with Crippen molar-refractivity contribution in [3.63, 3.8) is 0 Å². The van der Waals surface area contributed by atoms with Crippen LogP contribution in [0.3, 0.4) is 0 Å². The molecule has 0 saturated heterocycles. The summed E-state index contributed by atoms with van der Waals surface area (Å²) in [5.41, 5.74) is 0. The standard InChI is InChI=1S/C16H23NO6S/c1-11(2)15(16(19)20)17-14(18)5-4-10-23-12-6-8-13(9-7-12)24(3,21)22/h6-9,11,15H,4-5,10H2,1-3H3,(H,17,18)(H,19,20)/t15-/m1/s1. The number of carbonyl (C=O) groups excluding carboxylic acids is 1. The quantitative estimate of drug-likeness (QED) is 0.648. The molecule has 0 aromatic heterocycles. The maximum atomic E-state index is 11.7. The van der Waals surface area contributed by atoms with E-state index in [0.29, 0.717) is 12.2 Å². The van der Waals surface area contributed by atoms with Crippen molar-refractivity contribution in [1.82, 2.24) is 5.32 Å². The van der Waals surface area contributed by atoms with Crippen molar-refractivity contribution in [2.45, 2.75) is 37.6 Å². The number of hydrogen-bond acceptors (Lipinski definition) is 5. The Morgan fingerprint density at radius 3 is 2.25 bits per heavy atom. The SMILES string of the molecule is CC(C)[C@@H](NC(=O)CCCOc1ccc(S(C)(=O)=O)cc1)C(=O)O. The van der Waals surface area contributed by atoms with E-state index in [1.807, 2.05) is 0 Å². The number of sulfone groups is 1. The highest BCUT2D eigenvalue weighted by atomic mass is 32.2. The van der Waals surface area contributed by atoms with Crippen molar-refractivity contribution in [2.75, 3.05) is 12.9 Å². The van der Waals surface area contributed by atoms with E-state index in [4.69, 9.17) is 9.84 Å². The van der Waals surface area contributed by atoms with Crippen LogP contribution in [0.5, 0.6) is 5.75 Å². The molecule has 0 fully saturated rings. The van der Waals surface area contributed by atoms with Gasteiger partial charge >= 0.3 is 5.97 Å². The summed E-state index contributed by atoms with van der Waals surface area (Å²) in [5.74, 6) is -1.09. The molecule has 1 aromatic rings. The van der Waals surface area contributed by atoms with Gasteiger partial charge in [0, 0.05) is 12.7 Å². The molecule has 1 aromatic carbocycles. The molecule has 0 radical (unpaired) electrons. The third-order valence-electron chi connectivity index (χ3n) is 3.32. The minimum atomic E-state index is -3.24. The Bertz CT molecular complexity index is 666. The number of aliphatic carboxylic acids is 1. The summed E-state index contributed by atoms with van der Waals surface area (Å²) in [5, 5.41) is 11.5. The fraction of sp³-hybridized carbons (Fsp3) is 0.500. The van der Waals surface area contributed by atoms with Crippen molar-refractivity contribution in [3.8, 4) is 5.75 Å². The Labute approximate surface area is 141 Å². The van der Waals surface area contributed by atoms with Crippen molar-refractivity contribution >= 4 is 21.7 Å². The summed E-state index contributed by atoms with van der Waals surface area (Å²) in [7, 11) is -3.24. The highest BCUT2D eigenvalue weighted by Gasteiger charge is 2.22. The van der Waals surface area contributed by atoms with Gasteiger partial charge in [0.15, 0.2) is 9.84 Å². The lowest BCUT2D eigenvalue weighted by Crippen LogP contribution is -2.44. The van der Waals surface area contributed by atoms with Crippen LogP contribution >= 0.6 is 0 Å². The average molecular weight is 357 g/mol. The van der Waals surface area contributed by atoms with Crippen molar-refractivity contribution in [3.05, 3.63) is 24.3 Å². The van der Waals surface area contributed by atoms with E-state index in [1.54, 1.807) is 26.0 Å². The zero-order valence-corrected chi connectivity index (χ0v) is 14.8. The van der Waals surface area contributed by atoms with Gasteiger partial charge in [0.2, 0.25) is 5.91 Å². The number of carboxylic acids is 1. The van der Waals surface area contributed by atoms with E-state index < -0.39 is 21.8 Å². The van der Waals surface area contributed by atoms with Crippen LogP contribution < -0.4 is 10.1 Å². The summed E-state index contributed by atoms with van der Waals surface area (Å²) >= 11 is 0. The van der Waals surface area contributed by atoms with E-state index >= 15 is 0 Å². The molecule has 0 aliphatic carbocycles. The van der Waals surface area contributed by atoms with Crippen LogP contribution in [-0.2, 0) is 19.4 Å². The minimum absolute atomic E-state index is 0.151. The molecule has 7 nitrogen and oxygen atoms in total. The zero-order valence-electron chi connectivity index (χ0n) is 14.0. The highest BCUT2D eigenvalue weighted by molar-refractivity contribution is 7.90. The maximum absolute atomic E-state index is 11.7. The summed E-state index contributed by atoms with van der Waals surface area (Å²) in [6.45, 7) is 3.72. The van der Waals surface area contributed by atoms with Crippen LogP contribution in [0.15, 0.2) is 29.2 Å². The predicted octanol–water partition coefficient (Wildman–Crippen LogP) is 1.47. The Hall–Kier alpha value is -2.09. The van der Waals surface area contributed by atoms with Gasteiger partial charge in [0.1, 0.15) is 11.8 Å². The van der Waals surface area contributed by atoms with E-state index in [9.17, 15) is 18.0 Å². The number of hydrogen-bond donors (Lipinski definition) is 2. The Balaban J connectivity index is 2.38. The largest absolute Gasteiger partial charge is 0.494 e. The van der Waals surface area contributed by atoms with Crippen molar-refractivity contribution in [1.29, 1.82) is 0 Å². The molecule has 1 rings (SSSR count). The molecule has 8 heteroatoms. The first kappa shape index (κ1) is 20.0. The smallest absolute Gasteiger partial charge is 0.326 e. The first-order valence-electron chi connectivity index (χ1n) is 7.56. The van der Waals surface area contributed by atoms with Crippen LogP contribution in [-0.4, -0.2) is 44.3 Å². The Morgan fingerprint density at radius 2 is 1.79 bits per heavy atom. The van der Waals surface area contributed by atoms with E-state index in [-0.39, 0.29) is 29.7 Å². The second kappa shape index (κ2) is 8.68. The number of amides is 1. The van der Waals surface area contributed by atoms with Crippen LogP contribution in [0.1, 0.15) is 26.7 Å². The number of nitrogens with one attached hydrogen (secondary N) is 1. The van der Waals surface area contributed by atoms with E-state index in [2.05, 4.69) is 5.32 Å². The molecular formula is C16H23NO6S. The minimum Gasteiger partial charge on any atom is -0.494 e. The molecule has 1 atom stereocenters. The van der Waals surface area contributed by atoms with Gasteiger partial charge in [0.25, 0.3) is 0 Å². The number of carboxylic acid groups (broad SMARTS) is 1. The zero-order chi connectivity index (χ0) is 18.3. The summed E-state index contributed by atoms with van der Waals surface area (Å²) in [6, 6.07) is 5.11. The number of carbonyl (C=O) groups is 2. The molecule has 0 aliphatic rings. The van der Waals surface area contributed by atoms with E-state index in [1.165, 1.54) is 12.1 Å². The van der Waals surface area contributed by atoms with Crippen LogP contribution in [0.25, 0.3) is 0 Å². The normalized spacial score (nSPS) is 12.7. The van der Waals surface area contributed by atoms with Gasteiger partial charge in [0.05, 0.1) is 11.5 Å². The second-order valence-corrected chi connectivity index (χ2v) is 7.84. The van der Waals surface area contributed by atoms with E-state index in [0.717, 1.165) is 6.26 Å². The molecule has 2 N–H and O–H groups in total. The molecule has 0 unspecified atom stereocenters. The van der Waals surface area contributed by atoms with Crippen LogP contribution in [0.4, 0.5) is 0 Å². The summed E-state index contributed by atoms with van der Waals surface area (Å²) in [6.07, 6.45) is 1.70.